The topological polar surface area (TPSA) is 65.8 Å². The van der Waals surface area contributed by atoms with E-state index in [2.05, 4.69) is 4.98 Å². The summed E-state index contributed by atoms with van der Waals surface area (Å²) in [6.45, 7) is 4.54. The molecule has 0 aliphatic heterocycles. The van der Waals surface area contributed by atoms with Crippen LogP contribution in [0.4, 0.5) is 0 Å². The summed E-state index contributed by atoms with van der Waals surface area (Å²) in [4.78, 5) is 16.3. The van der Waals surface area contributed by atoms with Crippen LogP contribution < -0.4 is 11.4 Å². The Labute approximate surface area is 99.9 Å². The Hall–Kier alpha value is -1.62. The van der Waals surface area contributed by atoms with E-state index >= 15 is 0 Å². The highest BCUT2D eigenvalue weighted by molar-refractivity contribution is 5.71. The van der Waals surface area contributed by atoms with Crippen LogP contribution in [0.15, 0.2) is 23.1 Å². The predicted molar refractivity (Wildman–Crippen MR) is 67.9 cm³/mol. The van der Waals surface area contributed by atoms with E-state index in [1.54, 1.807) is 22.4 Å². The lowest BCUT2D eigenvalue weighted by atomic mass is 10.0. The van der Waals surface area contributed by atoms with Crippen LogP contribution in [-0.4, -0.2) is 19.7 Å². The molecular weight excluding hydrogens is 216 g/mol. The van der Waals surface area contributed by atoms with E-state index in [0.29, 0.717) is 12.2 Å². The highest BCUT2D eigenvalue weighted by atomic mass is 16.1. The highest BCUT2D eigenvalue weighted by Gasteiger charge is 2.15. The van der Waals surface area contributed by atoms with Gasteiger partial charge in [0, 0.05) is 25.3 Å². The standard InChI is InChI=1S/C12H18N4O/c1-12(2,13)6-8-16-9-5-4-7-14-10(9)15(3)11(16)17/h4-5,7H,6,8,13H2,1-3H3. The number of nitrogens with two attached hydrogens (primary N) is 1. The molecule has 0 aliphatic carbocycles. The Morgan fingerprint density at radius 2 is 2.18 bits per heavy atom. The molecule has 0 aromatic carbocycles. The summed E-state index contributed by atoms with van der Waals surface area (Å²) in [6.07, 6.45) is 2.44. The molecule has 2 heterocycles. The van der Waals surface area contributed by atoms with Crippen molar-refractivity contribution in [2.45, 2.75) is 32.4 Å². The molecule has 0 saturated heterocycles. The van der Waals surface area contributed by atoms with Crippen molar-refractivity contribution in [3.8, 4) is 0 Å². The summed E-state index contributed by atoms with van der Waals surface area (Å²) in [6, 6.07) is 3.75. The minimum Gasteiger partial charge on any atom is -0.325 e. The maximum atomic E-state index is 12.1. The Morgan fingerprint density at radius 1 is 1.47 bits per heavy atom. The van der Waals surface area contributed by atoms with Gasteiger partial charge in [-0.15, -0.1) is 0 Å². The van der Waals surface area contributed by atoms with Crippen molar-refractivity contribution in [3.05, 3.63) is 28.8 Å². The molecule has 5 nitrogen and oxygen atoms in total. The maximum absolute atomic E-state index is 12.1. The molecule has 0 amide bonds. The van der Waals surface area contributed by atoms with Crippen molar-refractivity contribution < 1.29 is 0 Å². The first-order valence-electron chi connectivity index (χ1n) is 5.69. The van der Waals surface area contributed by atoms with Gasteiger partial charge >= 0.3 is 5.69 Å². The normalized spacial score (nSPS) is 12.2. The summed E-state index contributed by atoms with van der Waals surface area (Å²) in [7, 11) is 1.74. The van der Waals surface area contributed by atoms with E-state index < -0.39 is 0 Å². The minimum atomic E-state index is -0.274. The number of nitrogens with zero attached hydrogens (tertiary/aromatic N) is 3. The first-order valence-corrected chi connectivity index (χ1v) is 5.69. The first-order chi connectivity index (χ1) is 7.90. The molecule has 0 unspecified atom stereocenters. The largest absolute Gasteiger partial charge is 0.330 e. The van der Waals surface area contributed by atoms with E-state index in [-0.39, 0.29) is 11.2 Å². The number of hydrogen-bond acceptors (Lipinski definition) is 3. The maximum Gasteiger partial charge on any atom is 0.330 e. The van der Waals surface area contributed by atoms with Gasteiger partial charge in [0.15, 0.2) is 5.65 Å². The smallest absolute Gasteiger partial charge is 0.325 e. The van der Waals surface area contributed by atoms with Crippen LogP contribution in [0.5, 0.6) is 0 Å². The van der Waals surface area contributed by atoms with Gasteiger partial charge in [-0.2, -0.15) is 0 Å². The van der Waals surface area contributed by atoms with Gasteiger partial charge in [0.2, 0.25) is 0 Å². The van der Waals surface area contributed by atoms with E-state index in [9.17, 15) is 4.79 Å². The third-order valence-corrected chi connectivity index (χ3v) is 2.87. The van der Waals surface area contributed by atoms with Crippen molar-refractivity contribution >= 4 is 11.2 Å². The second-order valence-corrected chi connectivity index (χ2v) is 5.08. The molecule has 92 valence electrons. The van der Waals surface area contributed by atoms with Gasteiger partial charge in [-0.05, 0) is 32.4 Å². The molecule has 2 aromatic heterocycles. The van der Waals surface area contributed by atoms with Crippen LogP contribution in [-0.2, 0) is 13.6 Å². The minimum absolute atomic E-state index is 0.0389. The molecule has 2 aromatic rings. The van der Waals surface area contributed by atoms with Crippen LogP contribution in [0.2, 0.25) is 0 Å². The van der Waals surface area contributed by atoms with Crippen LogP contribution in [0.3, 0.4) is 0 Å². The average Bonchev–Trinajstić information content (AvgIpc) is 2.49. The average molecular weight is 234 g/mol. The summed E-state index contributed by atoms with van der Waals surface area (Å²) in [5, 5.41) is 0. The lowest BCUT2D eigenvalue weighted by molar-refractivity contribution is 0.434. The van der Waals surface area contributed by atoms with Gasteiger partial charge in [0.1, 0.15) is 0 Å². The van der Waals surface area contributed by atoms with Crippen molar-refractivity contribution in [2.24, 2.45) is 12.8 Å². The number of hydrogen-bond donors (Lipinski definition) is 1. The second-order valence-electron chi connectivity index (χ2n) is 5.08. The van der Waals surface area contributed by atoms with Crippen LogP contribution in [0.25, 0.3) is 11.2 Å². The van der Waals surface area contributed by atoms with Crippen LogP contribution >= 0.6 is 0 Å². The predicted octanol–water partition coefficient (Wildman–Crippen LogP) is 0.862. The fraction of sp³-hybridized carbons (Fsp3) is 0.500. The number of pyridine rings is 1. The first kappa shape index (κ1) is 11.9. The van der Waals surface area contributed by atoms with Crippen LogP contribution in [0, 0.1) is 0 Å². The van der Waals surface area contributed by atoms with Crippen molar-refractivity contribution in [1.82, 2.24) is 14.1 Å². The zero-order chi connectivity index (χ0) is 12.6. The monoisotopic (exact) mass is 234 g/mol. The molecule has 0 spiro atoms. The molecule has 0 fully saturated rings. The molecule has 0 atom stereocenters. The van der Waals surface area contributed by atoms with Gasteiger partial charge < -0.3 is 5.73 Å². The second kappa shape index (κ2) is 4.00. The summed E-state index contributed by atoms with van der Waals surface area (Å²) < 4.78 is 3.30. The Morgan fingerprint density at radius 3 is 2.82 bits per heavy atom. The van der Waals surface area contributed by atoms with Crippen molar-refractivity contribution in [3.63, 3.8) is 0 Å². The molecule has 5 heteroatoms. The van der Waals surface area contributed by atoms with Gasteiger partial charge in [-0.25, -0.2) is 9.78 Å². The Bertz CT molecular complexity index is 589. The van der Waals surface area contributed by atoms with Crippen molar-refractivity contribution in [1.29, 1.82) is 0 Å². The quantitative estimate of drug-likeness (QED) is 0.856. The fourth-order valence-electron chi connectivity index (χ4n) is 1.85. The molecule has 17 heavy (non-hydrogen) atoms. The number of fused-ring (bicyclic) bond motifs is 1. The van der Waals surface area contributed by atoms with E-state index in [0.717, 1.165) is 11.9 Å². The number of aryl methyl sites for hydroxylation is 2. The zero-order valence-corrected chi connectivity index (χ0v) is 10.5. The van der Waals surface area contributed by atoms with Crippen LogP contribution in [0.1, 0.15) is 20.3 Å². The van der Waals surface area contributed by atoms with Gasteiger partial charge in [0.05, 0.1) is 5.52 Å². The zero-order valence-electron chi connectivity index (χ0n) is 10.5. The lowest BCUT2D eigenvalue weighted by Crippen LogP contribution is -2.34. The number of aromatic nitrogens is 3. The summed E-state index contributed by atoms with van der Waals surface area (Å²) in [5.74, 6) is 0. The highest BCUT2D eigenvalue weighted by Crippen LogP contribution is 2.11. The number of rotatable bonds is 3. The van der Waals surface area contributed by atoms with Gasteiger partial charge in [-0.1, -0.05) is 0 Å². The fourth-order valence-corrected chi connectivity index (χ4v) is 1.85. The molecular formula is C12H18N4O. The molecule has 2 rings (SSSR count). The molecule has 0 aliphatic rings. The molecule has 0 bridgehead atoms. The molecule has 0 radical (unpaired) electrons. The third kappa shape index (κ3) is 2.24. The van der Waals surface area contributed by atoms with Gasteiger partial charge in [0.25, 0.3) is 0 Å². The molecule has 2 N–H and O–H groups in total. The SMILES string of the molecule is Cn1c(=O)n(CCC(C)(C)N)c2cccnc21. The Kier molecular flexibility index (Phi) is 2.79. The lowest BCUT2D eigenvalue weighted by Gasteiger charge is -2.18. The van der Waals surface area contributed by atoms with E-state index in [1.807, 2.05) is 26.0 Å². The van der Waals surface area contributed by atoms with Gasteiger partial charge in [-0.3, -0.25) is 9.13 Å². The third-order valence-electron chi connectivity index (χ3n) is 2.87. The molecule has 0 saturated carbocycles. The summed E-state index contributed by atoms with van der Waals surface area (Å²) >= 11 is 0. The van der Waals surface area contributed by atoms with E-state index in [4.69, 9.17) is 5.73 Å². The Balaban J connectivity index is 2.47. The van der Waals surface area contributed by atoms with Crippen molar-refractivity contribution in [2.75, 3.05) is 0 Å². The summed E-state index contributed by atoms with van der Waals surface area (Å²) in [5.41, 5.74) is 7.21. The number of imidazole rings is 1. The van der Waals surface area contributed by atoms with E-state index in [1.165, 1.54) is 0 Å².